The van der Waals surface area contributed by atoms with E-state index in [4.69, 9.17) is 14.2 Å². The number of amides is 1. The summed E-state index contributed by atoms with van der Waals surface area (Å²) in [6.07, 6.45) is 0.466. The number of methoxy groups -OCH3 is 2. The van der Waals surface area contributed by atoms with Gasteiger partial charge in [-0.1, -0.05) is 30.3 Å². The normalized spacial score (nSPS) is 14.3. The topological polar surface area (TPSA) is 86.8 Å². The fourth-order valence-corrected chi connectivity index (χ4v) is 3.81. The lowest BCUT2D eigenvalue weighted by atomic mass is 9.95. The minimum Gasteiger partial charge on any atom is -0.488 e. The average Bonchev–Trinajstić information content (AvgIpc) is 3.24. The molecule has 1 atom stereocenters. The van der Waals surface area contributed by atoms with E-state index < -0.39 is 0 Å². The Labute approximate surface area is 186 Å². The van der Waals surface area contributed by atoms with E-state index in [0.717, 1.165) is 22.4 Å². The minimum absolute atomic E-state index is 0.0291. The second kappa shape index (κ2) is 9.09. The van der Waals surface area contributed by atoms with Crippen LogP contribution in [0.15, 0.2) is 54.6 Å². The van der Waals surface area contributed by atoms with Crippen molar-refractivity contribution in [3.63, 3.8) is 0 Å². The number of carbonyl (C=O) groups is 2. The van der Waals surface area contributed by atoms with Gasteiger partial charge in [-0.25, -0.2) is 0 Å². The molecule has 1 aliphatic rings. The summed E-state index contributed by atoms with van der Waals surface area (Å²) < 4.78 is 16.3. The maximum atomic E-state index is 12.6. The van der Waals surface area contributed by atoms with Crippen molar-refractivity contribution >= 4 is 11.7 Å². The van der Waals surface area contributed by atoms with Crippen LogP contribution in [0.2, 0.25) is 0 Å². The molecule has 2 aromatic carbocycles. The highest BCUT2D eigenvalue weighted by atomic mass is 16.5. The Morgan fingerprint density at radius 3 is 2.62 bits per heavy atom. The number of hydrogen-bond acceptors (Lipinski definition) is 6. The molecule has 32 heavy (non-hydrogen) atoms. The van der Waals surface area contributed by atoms with E-state index in [1.165, 1.54) is 14.2 Å². The minimum atomic E-state index is -0.298. The fraction of sp³-hybridized carbons (Fsp3) is 0.240. The van der Waals surface area contributed by atoms with E-state index in [2.05, 4.69) is 16.4 Å². The second-order valence-electron chi connectivity index (χ2n) is 7.49. The number of rotatable bonds is 7. The number of Topliss-reactive ketones (excluding diaryl/α,β-unsaturated/α-hetero) is 1. The van der Waals surface area contributed by atoms with Gasteiger partial charge in [-0.05, 0) is 41.8 Å². The zero-order chi connectivity index (χ0) is 22.7. The zero-order valence-corrected chi connectivity index (χ0v) is 18.2. The van der Waals surface area contributed by atoms with Crippen molar-refractivity contribution in [1.29, 1.82) is 0 Å². The molecule has 0 unspecified atom stereocenters. The number of pyridine rings is 1. The van der Waals surface area contributed by atoms with E-state index in [1.807, 2.05) is 36.4 Å². The summed E-state index contributed by atoms with van der Waals surface area (Å²) in [6, 6.07) is 16.7. The van der Waals surface area contributed by atoms with Crippen molar-refractivity contribution in [1.82, 2.24) is 10.3 Å². The number of benzene rings is 2. The highest BCUT2D eigenvalue weighted by Crippen LogP contribution is 2.34. The third-order valence-corrected chi connectivity index (χ3v) is 5.39. The molecule has 3 aromatic rings. The molecule has 7 heteroatoms. The predicted octanol–water partition coefficient (Wildman–Crippen LogP) is 3.70. The Kier molecular flexibility index (Phi) is 6.07. The summed E-state index contributed by atoms with van der Waals surface area (Å²) in [4.78, 5) is 28.8. The van der Waals surface area contributed by atoms with Gasteiger partial charge < -0.3 is 19.5 Å². The molecule has 2 heterocycles. The number of fused-ring (bicyclic) bond motifs is 1. The summed E-state index contributed by atoms with van der Waals surface area (Å²) in [5, 5.41) is 2.89. The summed E-state index contributed by atoms with van der Waals surface area (Å²) in [5.74, 6) is 1.09. The van der Waals surface area contributed by atoms with Crippen molar-refractivity contribution in [3.8, 4) is 28.6 Å². The molecule has 1 aliphatic heterocycles. The molecule has 7 nitrogen and oxygen atoms in total. The van der Waals surface area contributed by atoms with Crippen molar-refractivity contribution in [3.05, 3.63) is 71.3 Å². The van der Waals surface area contributed by atoms with Gasteiger partial charge in [-0.2, -0.15) is 4.98 Å². The Balaban J connectivity index is 1.44. The molecule has 1 aromatic heterocycles. The van der Waals surface area contributed by atoms with Crippen LogP contribution < -0.4 is 19.5 Å². The maximum absolute atomic E-state index is 12.6. The van der Waals surface area contributed by atoms with Crippen molar-refractivity contribution in [2.75, 3.05) is 20.8 Å². The van der Waals surface area contributed by atoms with Crippen molar-refractivity contribution in [2.24, 2.45) is 0 Å². The Bertz CT molecular complexity index is 1170. The van der Waals surface area contributed by atoms with Gasteiger partial charge in [0.1, 0.15) is 17.4 Å². The molecule has 0 radical (unpaired) electrons. The van der Waals surface area contributed by atoms with Crippen molar-refractivity contribution < 1.29 is 23.8 Å². The smallest absolute Gasteiger partial charge is 0.256 e. The van der Waals surface area contributed by atoms with Crippen LogP contribution in [0.5, 0.6) is 17.5 Å². The molecule has 0 bridgehead atoms. The van der Waals surface area contributed by atoms with Crippen LogP contribution in [0.3, 0.4) is 0 Å². The van der Waals surface area contributed by atoms with Crippen LogP contribution in [0, 0.1) is 0 Å². The van der Waals surface area contributed by atoms with Crippen LogP contribution in [0.25, 0.3) is 11.1 Å². The summed E-state index contributed by atoms with van der Waals surface area (Å²) in [5.41, 5.74) is 3.93. The Hall–Kier alpha value is -3.87. The first-order valence-electron chi connectivity index (χ1n) is 10.3. The fourth-order valence-electron chi connectivity index (χ4n) is 3.81. The maximum Gasteiger partial charge on any atom is 0.256 e. The summed E-state index contributed by atoms with van der Waals surface area (Å²) in [6.45, 7) is 1.91. The van der Waals surface area contributed by atoms with E-state index in [9.17, 15) is 9.59 Å². The molecule has 164 valence electrons. The van der Waals surface area contributed by atoms with Gasteiger partial charge in [0.15, 0.2) is 5.78 Å². The van der Waals surface area contributed by atoms with E-state index in [0.29, 0.717) is 30.0 Å². The molecule has 0 saturated carbocycles. The van der Waals surface area contributed by atoms with Crippen LogP contribution in [-0.2, 0) is 6.42 Å². The van der Waals surface area contributed by atoms with Gasteiger partial charge in [-0.15, -0.1) is 0 Å². The average molecular weight is 432 g/mol. The van der Waals surface area contributed by atoms with E-state index >= 15 is 0 Å². The standard InChI is InChI=1S/C25H24N2O5/c1-15(28)19-6-4-5-7-20(19)16-8-10-22-17(12-16)13-18(32-22)14-26-24(29)21-9-11-23(30-2)27-25(21)31-3/h4-12,18H,13-14H2,1-3H3,(H,26,29)/t18-/m0/s1. The highest BCUT2D eigenvalue weighted by Gasteiger charge is 2.25. The largest absolute Gasteiger partial charge is 0.488 e. The molecule has 4 rings (SSSR count). The number of ketones is 1. The SMILES string of the molecule is COc1ccc(C(=O)NC[C@@H]2Cc3cc(-c4ccccc4C(C)=O)ccc3O2)c(OC)n1. The quantitative estimate of drug-likeness (QED) is 0.573. The van der Waals surface area contributed by atoms with Gasteiger partial charge in [0.25, 0.3) is 5.91 Å². The van der Waals surface area contributed by atoms with Crippen LogP contribution in [0.4, 0.5) is 0 Å². The summed E-state index contributed by atoms with van der Waals surface area (Å²) in [7, 11) is 2.96. The number of nitrogens with zero attached hydrogens (tertiary/aromatic N) is 1. The van der Waals surface area contributed by atoms with Gasteiger partial charge >= 0.3 is 0 Å². The first-order valence-corrected chi connectivity index (χ1v) is 10.3. The third-order valence-electron chi connectivity index (χ3n) is 5.39. The second-order valence-corrected chi connectivity index (χ2v) is 7.49. The molecule has 0 saturated heterocycles. The lowest BCUT2D eigenvalue weighted by Gasteiger charge is -2.13. The number of nitrogens with one attached hydrogen (secondary N) is 1. The first kappa shape index (κ1) is 21.4. The van der Waals surface area contributed by atoms with Crippen LogP contribution in [0.1, 0.15) is 33.2 Å². The summed E-state index contributed by atoms with van der Waals surface area (Å²) >= 11 is 0. The Morgan fingerprint density at radius 1 is 1.06 bits per heavy atom. The molecule has 0 spiro atoms. The highest BCUT2D eigenvalue weighted by molar-refractivity contribution is 6.01. The molecule has 0 fully saturated rings. The third kappa shape index (κ3) is 4.27. The number of hydrogen-bond donors (Lipinski definition) is 1. The van der Waals surface area contributed by atoms with Gasteiger partial charge in [0.2, 0.25) is 11.8 Å². The monoisotopic (exact) mass is 432 g/mol. The van der Waals surface area contributed by atoms with Gasteiger partial charge in [0.05, 0.1) is 20.8 Å². The van der Waals surface area contributed by atoms with Gasteiger partial charge in [-0.3, -0.25) is 9.59 Å². The zero-order valence-electron chi connectivity index (χ0n) is 18.2. The molecule has 1 amide bonds. The predicted molar refractivity (Wildman–Crippen MR) is 120 cm³/mol. The Morgan fingerprint density at radius 2 is 1.88 bits per heavy atom. The molecular weight excluding hydrogens is 408 g/mol. The lowest BCUT2D eigenvalue weighted by molar-refractivity contribution is 0.0929. The molecule has 1 N–H and O–H groups in total. The van der Waals surface area contributed by atoms with Crippen molar-refractivity contribution in [2.45, 2.75) is 19.4 Å². The lowest BCUT2D eigenvalue weighted by Crippen LogP contribution is -2.34. The van der Waals surface area contributed by atoms with Crippen LogP contribution in [-0.4, -0.2) is 43.5 Å². The number of carbonyl (C=O) groups excluding carboxylic acids is 2. The molecule has 0 aliphatic carbocycles. The van der Waals surface area contributed by atoms with Gasteiger partial charge in [0, 0.05) is 18.1 Å². The first-order chi connectivity index (χ1) is 15.5. The van der Waals surface area contributed by atoms with E-state index in [1.54, 1.807) is 19.1 Å². The number of aromatic nitrogens is 1. The van der Waals surface area contributed by atoms with Crippen LogP contribution >= 0.6 is 0 Å². The van der Waals surface area contributed by atoms with E-state index in [-0.39, 0.29) is 23.7 Å². The molecular formula is C25H24N2O5. The number of ether oxygens (including phenoxy) is 3.